The third kappa shape index (κ3) is 8.73. The summed E-state index contributed by atoms with van der Waals surface area (Å²) in [6.45, 7) is -19.4. The number of halogens is 4. The maximum atomic E-state index is 15.3. The van der Waals surface area contributed by atoms with Gasteiger partial charge in [-0.2, -0.15) is 18.2 Å². The summed E-state index contributed by atoms with van der Waals surface area (Å²) in [6, 6.07) is -7.56. The van der Waals surface area contributed by atoms with Crippen LogP contribution in [-0.2, 0) is 42.5 Å². The molecule has 1 aromatic heterocycles. The van der Waals surface area contributed by atoms with Crippen LogP contribution in [0.4, 0.5) is 17.6 Å². The van der Waals surface area contributed by atoms with E-state index >= 15 is 4.79 Å². The smallest absolute Gasteiger partial charge is 0.336 e. The minimum absolute atomic E-state index is 0.0162. The Kier molecular flexibility index (Phi) is 5.22. The monoisotopic (exact) mass is 703 g/mol. The van der Waals surface area contributed by atoms with Crippen molar-refractivity contribution in [3.63, 3.8) is 0 Å². The SMILES string of the molecule is [2H]c1c([2H])c(-c2c([2H])c([2H])c(C(F)(F)F)c([2H])c2[2H])c([2H])c([2H])c1CN(C(=O)C([2H])([2H])n1c(SCc2ccc(F)cc2)nc(=O)c2c1C([2H])([2H])C([2H])(C)C2([2H])[2H])C([2H])([2H])C([2H])([2H])N(C([2H])([2H])C)C([2H])([2H])C. The van der Waals surface area contributed by atoms with Crippen LogP contribution in [0.1, 0.15) is 80.2 Å². The average molecular weight is 704 g/mol. The lowest BCUT2D eigenvalue weighted by atomic mass is 10.0. The molecule has 1 aliphatic carbocycles. The van der Waals surface area contributed by atoms with Crippen molar-refractivity contribution in [3.8, 4) is 11.1 Å². The first-order valence-electron chi connectivity index (χ1n) is 25.2. The van der Waals surface area contributed by atoms with Gasteiger partial charge in [0.25, 0.3) is 5.56 Å². The molecule has 1 aliphatic rings. The molecule has 1 atom stereocenters. The Balaban J connectivity index is 1.89. The number of nitrogens with zero attached hydrogens (tertiary/aromatic N) is 4. The van der Waals surface area contributed by atoms with Crippen molar-refractivity contribution in [2.75, 3.05) is 26.0 Å². The zero-order chi connectivity index (χ0) is 54.9. The van der Waals surface area contributed by atoms with Gasteiger partial charge in [0.05, 0.1) is 22.0 Å². The first kappa shape index (κ1) is 16.2. The number of hydrogen-bond acceptors (Lipinski definition) is 5. The number of aromatic nitrogens is 2. The number of rotatable bonds is 13. The Morgan fingerprint density at radius 3 is 2.25 bits per heavy atom. The lowest BCUT2D eigenvalue weighted by molar-refractivity contribution is -0.137. The van der Waals surface area contributed by atoms with E-state index in [4.69, 9.17) is 26.0 Å². The molecule has 0 bridgehead atoms. The van der Waals surface area contributed by atoms with Crippen molar-refractivity contribution in [2.24, 2.45) is 5.89 Å². The summed E-state index contributed by atoms with van der Waals surface area (Å²) < 4.78 is 256. The number of carbonyl (C=O) groups excluding carboxylic acids is 1. The Hall–Kier alpha value is -3.96. The second-order valence-electron chi connectivity index (χ2n) is 9.66. The fourth-order valence-electron chi connectivity index (χ4n) is 3.99. The number of hydrogen-bond donors (Lipinski definition) is 0. The van der Waals surface area contributed by atoms with E-state index in [0.717, 1.165) is 12.1 Å². The van der Waals surface area contributed by atoms with E-state index in [-0.39, 0.29) is 15.0 Å². The quantitative estimate of drug-likeness (QED) is 0.0822. The van der Waals surface area contributed by atoms with Crippen LogP contribution in [-0.4, -0.2) is 51.2 Å². The standard InChI is InChI=1S/C37H40F4N4O2S/c1-4-43(5-2)18-19-44(22-26-6-10-28(11-7-26)29-12-14-30(15-13-29)37(39,40)41)34(46)23-45-33-21-25(3)20-32(33)35(47)42-36(45)48-24-27-8-16-31(38)17-9-27/h6-17,25H,4-5,18-24H2,1-3H3/i4D2,5D2,6D,7D,10D,11D,12D,13D,14D,15D,18D2,19D2,20D2,21D2,23D2,25D. The topological polar surface area (TPSA) is 58.4 Å². The van der Waals surface area contributed by atoms with Gasteiger partial charge in [0.15, 0.2) is 5.16 Å². The molecule has 4 aromatic rings. The lowest BCUT2D eigenvalue weighted by Gasteiger charge is -2.28. The second-order valence-corrected chi connectivity index (χ2v) is 10.6. The van der Waals surface area contributed by atoms with Crippen LogP contribution < -0.4 is 5.56 Å². The van der Waals surface area contributed by atoms with E-state index in [1.54, 1.807) is 0 Å². The van der Waals surface area contributed by atoms with E-state index < -0.39 is 179 Å². The molecule has 1 heterocycles. The first-order valence-corrected chi connectivity index (χ1v) is 14.7. The molecule has 0 N–H and O–H groups in total. The van der Waals surface area contributed by atoms with Gasteiger partial charge in [-0.15, -0.1) is 0 Å². The summed E-state index contributed by atoms with van der Waals surface area (Å²) in [6.07, 6.45) is -12.3. The molecule has 6 nitrogen and oxygen atoms in total. The number of carbonyl (C=O) groups is 1. The molecule has 1 amide bonds. The highest BCUT2D eigenvalue weighted by Crippen LogP contribution is 2.32. The molecule has 1 unspecified atom stereocenters. The summed E-state index contributed by atoms with van der Waals surface area (Å²) >= 11 is 0.350. The predicted molar refractivity (Wildman–Crippen MR) is 181 cm³/mol. The summed E-state index contributed by atoms with van der Waals surface area (Å²) in [4.78, 5) is 31.9. The van der Waals surface area contributed by atoms with Crippen LogP contribution in [0.3, 0.4) is 0 Å². The molecule has 0 saturated heterocycles. The fourth-order valence-corrected chi connectivity index (χ4v) is 4.89. The molecule has 0 fully saturated rings. The lowest BCUT2D eigenvalue weighted by Crippen LogP contribution is -2.40. The fraction of sp³-hybridized carbons (Fsp3) is 0.378. The minimum Gasteiger partial charge on any atom is -0.336 e. The van der Waals surface area contributed by atoms with Crippen molar-refractivity contribution in [3.05, 3.63) is 117 Å². The molecule has 0 aliphatic heterocycles. The summed E-state index contributed by atoms with van der Waals surface area (Å²) in [5.74, 6) is -6.60. The molecule has 3 aromatic carbocycles. The number of amides is 1. The zero-order valence-electron chi connectivity index (χ0n) is 48.2. The number of thioether (sulfide) groups is 1. The maximum absolute atomic E-state index is 15.3. The Bertz CT molecular complexity index is 2810. The Labute approximate surface area is 315 Å². The molecule has 11 heteroatoms. The van der Waals surface area contributed by atoms with Gasteiger partial charge in [-0.3, -0.25) is 9.59 Å². The van der Waals surface area contributed by atoms with Crippen LogP contribution in [0, 0.1) is 11.7 Å². The van der Waals surface area contributed by atoms with E-state index in [2.05, 4.69) is 4.98 Å². The van der Waals surface area contributed by atoms with Gasteiger partial charge in [0.2, 0.25) is 5.91 Å². The van der Waals surface area contributed by atoms with E-state index in [0.29, 0.717) is 32.5 Å². The molecule has 0 saturated carbocycles. The van der Waals surface area contributed by atoms with Gasteiger partial charge in [0.1, 0.15) is 12.3 Å². The molecule has 0 radical (unpaired) electrons. The number of fused-ring (bicyclic) bond motifs is 1. The van der Waals surface area contributed by atoms with Gasteiger partial charge in [-0.25, -0.2) is 4.39 Å². The highest BCUT2D eigenvalue weighted by Gasteiger charge is 2.30. The van der Waals surface area contributed by atoms with Gasteiger partial charge < -0.3 is 14.4 Å². The van der Waals surface area contributed by atoms with Crippen LogP contribution in [0.5, 0.6) is 0 Å². The van der Waals surface area contributed by atoms with Gasteiger partial charge >= 0.3 is 6.18 Å². The second kappa shape index (κ2) is 15.5. The van der Waals surface area contributed by atoms with Crippen LogP contribution in [0.15, 0.2) is 82.6 Å². The largest absolute Gasteiger partial charge is 0.416 e. The molecule has 5 rings (SSSR count). The van der Waals surface area contributed by atoms with Crippen LogP contribution in [0.2, 0.25) is 0 Å². The van der Waals surface area contributed by atoms with Gasteiger partial charge in [0, 0.05) is 51.6 Å². The normalized spacial score (nSPS) is 26.5. The number of benzene rings is 3. The minimum atomic E-state index is -5.46. The van der Waals surface area contributed by atoms with Crippen molar-refractivity contribution in [2.45, 2.75) is 63.6 Å². The third-order valence-corrected chi connectivity index (χ3v) is 7.32. The maximum Gasteiger partial charge on any atom is 0.416 e. The molecular formula is C37H40F4N4O2S. The molecule has 0 spiro atoms. The highest BCUT2D eigenvalue weighted by molar-refractivity contribution is 7.98. The average Bonchev–Trinajstić information content (AvgIpc) is 3.31. The van der Waals surface area contributed by atoms with E-state index in [9.17, 15) is 27.8 Å². The van der Waals surface area contributed by atoms with E-state index in [1.807, 2.05) is 0 Å². The molecule has 254 valence electrons. The predicted octanol–water partition coefficient (Wildman–Crippen LogP) is 7.47. The zero-order valence-corrected chi connectivity index (χ0v) is 26.1. The third-order valence-electron chi connectivity index (χ3n) is 6.31. The summed E-state index contributed by atoms with van der Waals surface area (Å²) in [5, 5.41) is -0.987. The Morgan fingerprint density at radius 2 is 1.65 bits per heavy atom. The summed E-state index contributed by atoms with van der Waals surface area (Å²) in [5.41, 5.74) is -9.63. The highest BCUT2D eigenvalue weighted by atomic mass is 32.2. The van der Waals surface area contributed by atoms with Crippen LogP contribution >= 0.6 is 11.8 Å². The van der Waals surface area contributed by atoms with Crippen LogP contribution in [0.25, 0.3) is 11.1 Å². The number of likely N-dealkylation sites (N-methyl/N-ethyl adjacent to an activating group) is 1. The Morgan fingerprint density at radius 1 is 1.02 bits per heavy atom. The van der Waals surface area contributed by atoms with E-state index in [1.165, 1.54) is 12.1 Å². The van der Waals surface area contributed by atoms with Crippen molar-refractivity contribution in [1.82, 2.24) is 19.4 Å². The van der Waals surface area contributed by atoms with Crippen molar-refractivity contribution < 1.29 is 53.9 Å². The van der Waals surface area contributed by atoms with Crippen molar-refractivity contribution >= 4 is 17.7 Å². The summed E-state index contributed by atoms with van der Waals surface area (Å²) in [7, 11) is 0. The number of alkyl halides is 3. The van der Waals surface area contributed by atoms with Crippen molar-refractivity contribution in [1.29, 1.82) is 0 Å². The first-order chi connectivity index (χ1) is 31.8. The van der Waals surface area contributed by atoms with Gasteiger partial charge in [-0.1, -0.05) is 80.9 Å². The van der Waals surface area contributed by atoms with Gasteiger partial charge in [-0.05, 0) is 78.1 Å². The molecular weight excluding hydrogens is 640 g/mol. The molecule has 48 heavy (non-hydrogen) atoms.